The Morgan fingerprint density at radius 1 is 1.46 bits per heavy atom. The number of fused-ring (bicyclic) bond motifs is 3. The number of hydrogen-bond donors (Lipinski definition) is 3. The van der Waals surface area contributed by atoms with Crippen molar-refractivity contribution in [3.05, 3.63) is 34.2 Å². The number of primary amides is 1. The van der Waals surface area contributed by atoms with E-state index in [9.17, 15) is 9.90 Å². The number of aromatic nitrogens is 3. The molecule has 4 N–H and O–H groups in total. The van der Waals surface area contributed by atoms with Crippen molar-refractivity contribution in [2.75, 3.05) is 0 Å². The molecule has 1 aliphatic heterocycles. The van der Waals surface area contributed by atoms with Crippen LogP contribution in [0.2, 0.25) is 10.0 Å². The summed E-state index contributed by atoms with van der Waals surface area (Å²) in [6.07, 6.45) is 5.62. The maximum absolute atomic E-state index is 10.3. The molecule has 0 radical (unpaired) electrons. The zero-order valence-corrected chi connectivity index (χ0v) is 14.4. The van der Waals surface area contributed by atoms with Crippen LogP contribution in [0.4, 0.5) is 0 Å². The van der Waals surface area contributed by atoms with Crippen molar-refractivity contribution in [3.8, 4) is 16.9 Å². The van der Waals surface area contributed by atoms with E-state index in [1.807, 2.05) is 6.20 Å². The van der Waals surface area contributed by atoms with Crippen molar-refractivity contribution in [1.29, 1.82) is 0 Å². The van der Waals surface area contributed by atoms with Gasteiger partial charge >= 0.3 is 0 Å². The highest BCUT2D eigenvalue weighted by molar-refractivity contribution is 6.45. The number of nitrogens with zero attached hydrogens (tertiary/aromatic N) is 2. The molecule has 3 aromatic rings. The number of amides is 1. The van der Waals surface area contributed by atoms with Gasteiger partial charge in [-0.25, -0.2) is 0 Å². The van der Waals surface area contributed by atoms with E-state index in [1.54, 1.807) is 6.20 Å². The van der Waals surface area contributed by atoms with Crippen LogP contribution in [0.1, 0.15) is 19.0 Å². The summed E-state index contributed by atoms with van der Waals surface area (Å²) < 4.78 is 2.16. The Morgan fingerprint density at radius 3 is 2.79 bits per heavy atom. The summed E-state index contributed by atoms with van der Waals surface area (Å²) >= 11 is 12.5. The van der Waals surface area contributed by atoms with Crippen LogP contribution in [0.25, 0.3) is 22.0 Å². The molecule has 24 heavy (non-hydrogen) atoms. The second-order valence-corrected chi connectivity index (χ2v) is 6.37. The minimum atomic E-state index is -0.333. The monoisotopic (exact) mass is 366 g/mol. The highest BCUT2D eigenvalue weighted by Crippen LogP contribution is 2.47. The Labute approximate surface area is 148 Å². The fourth-order valence-electron chi connectivity index (χ4n) is 3.12. The van der Waals surface area contributed by atoms with Crippen LogP contribution in [-0.2, 0) is 17.8 Å². The van der Waals surface area contributed by atoms with Gasteiger partial charge in [-0.3, -0.25) is 9.89 Å². The number of nitrogens with one attached hydrogen (secondary N) is 1. The summed E-state index contributed by atoms with van der Waals surface area (Å²) in [6.45, 7) is 2.20. The van der Waals surface area contributed by atoms with Gasteiger partial charge in [-0.2, -0.15) is 5.10 Å². The van der Waals surface area contributed by atoms with E-state index in [0.717, 1.165) is 41.4 Å². The number of nitrogens with two attached hydrogens (primary N) is 1. The molecular formula is C16H16Cl2N4O2. The standard InChI is InChI=1S/C14H11Cl2N3O.C2H5NO/c15-8-4-10(20)12-11(7-5-17-18-6-7)9-2-1-3-19(9)14(12)13(8)16;1-2(3)4/h4-6,20H,1-3H2,(H,17,18);1H3,(H2,3,4). The number of carbonyl (C=O) groups excluding carboxylic acids is 1. The molecule has 0 aliphatic carbocycles. The van der Waals surface area contributed by atoms with Crippen molar-refractivity contribution < 1.29 is 9.90 Å². The number of rotatable bonds is 1. The van der Waals surface area contributed by atoms with E-state index >= 15 is 0 Å². The molecule has 2 aromatic heterocycles. The number of aromatic amines is 1. The number of carbonyl (C=O) groups is 1. The average Bonchev–Trinajstić information content (AvgIpc) is 3.20. The summed E-state index contributed by atoms with van der Waals surface area (Å²) in [5.41, 5.74) is 8.43. The molecule has 8 heteroatoms. The Balaban J connectivity index is 0.000000383. The molecule has 1 aromatic carbocycles. The Kier molecular flexibility index (Phi) is 4.43. The van der Waals surface area contributed by atoms with Crippen LogP contribution in [0.3, 0.4) is 0 Å². The SMILES string of the molecule is CC(N)=O.Oc1cc(Cl)c(Cl)c2c1c(-c1cn[nH]c1)c1n2CCC1. The lowest BCUT2D eigenvalue weighted by atomic mass is 10.0. The molecule has 0 spiro atoms. The van der Waals surface area contributed by atoms with Crippen molar-refractivity contribution >= 4 is 40.0 Å². The molecule has 3 heterocycles. The molecule has 0 saturated carbocycles. The zero-order chi connectivity index (χ0) is 17.4. The molecule has 4 rings (SSSR count). The van der Waals surface area contributed by atoms with E-state index in [0.29, 0.717) is 10.0 Å². The summed E-state index contributed by atoms with van der Waals surface area (Å²) in [4.78, 5) is 9.22. The summed E-state index contributed by atoms with van der Waals surface area (Å²) in [6, 6.07) is 1.51. The first-order chi connectivity index (χ1) is 11.4. The maximum Gasteiger partial charge on any atom is 0.214 e. The van der Waals surface area contributed by atoms with Crippen molar-refractivity contribution in [2.24, 2.45) is 5.73 Å². The van der Waals surface area contributed by atoms with Gasteiger partial charge in [0.1, 0.15) is 5.75 Å². The maximum atomic E-state index is 10.3. The molecular weight excluding hydrogens is 351 g/mol. The third-order valence-corrected chi connectivity index (χ3v) is 4.67. The second kappa shape index (κ2) is 6.37. The number of halogens is 2. The van der Waals surface area contributed by atoms with Crippen LogP contribution in [-0.4, -0.2) is 25.8 Å². The van der Waals surface area contributed by atoms with E-state index in [1.165, 1.54) is 18.7 Å². The zero-order valence-electron chi connectivity index (χ0n) is 12.9. The van der Waals surface area contributed by atoms with Crippen LogP contribution in [0, 0.1) is 0 Å². The number of aromatic hydroxyl groups is 1. The van der Waals surface area contributed by atoms with Gasteiger partial charge in [0, 0.05) is 42.6 Å². The fraction of sp³-hybridized carbons (Fsp3) is 0.250. The Hall–Kier alpha value is -2.18. The number of phenols is 1. The highest BCUT2D eigenvalue weighted by atomic mass is 35.5. The van der Waals surface area contributed by atoms with E-state index in [-0.39, 0.29) is 11.7 Å². The highest BCUT2D eigenvalue weighted by Gasteiger charge is 2.27. The number of phenolic OH excluding ortho intramolecular Hbond substituents is 1. The van der Waals surface area contributed by atoms with Gasteiger partial charge in [0.2, 0.25) is 5.91 Å². The summed E-state index contributed by atoms with van der Waals surface area (Å²) in [7, 11) is 0. The lowest BCUT2D eigenvalue weighted by Gasteiger charge is -2.06. The van der Waals surface area contributed by atoms with Gasteiger partial charge in [0.25, 0.3) is 0 Å². The Morgan fingerprint density at radius 2 is 2.17 bits per heavy atom. The first-order valence-corrected chi connectivity index (χ1v) is 8.14. The number of H-pyrrole nitrogens is 1. The summed E-state index contributed by atoms with van der Waals surface area (Å²) in [5.74, 6) is -0.174. The first kappa shape index (κ1) is 16.7. The van der Waals surface area contributed by atoms with Gasteiger partial charge in [0.05, 0.1) is 27.1 Å². The largest absolute Gasteiger partial charge is 0.507 e. The minimum Gasteiger partial charge on any atom is -0.507 e. The third-order valence-electron chi connectivity index (χ3n) is 3.89. The average molecular weight is 367 g/mol. The molecule has 6 nitrogen and oxygen atoms in total. The smallest absolute Gasteiger partial charge is 0.214 e. The summed E-state index contributed by atoms with van der Waals surface area (Å²) in [5, 5.41) is 18.8. The van der Waals surface area contributed by atoms with Crippen LogP contribution >= 0.6 is 23.2 Å². The van der Waals surface area contributed by atoms with Gasteiger partial charge in [-0.15, -0.1) is 0 Å². The van der Waals surface area contributed by atoms with Crippen LogP contribution in [0.5, 0.6) is 5.75 Å². The van der Waals surface area contributed by atoms with Crippen molar-refractivity contribution in [3.63, 3.8) is 0 Å². The van der Waals surface area contributed by atoms with Gasteiger partial charge < -0.3 is 15.4 Å². The molecule has 0 bridgehead atoms. The predicted octanol–water partition coefficient (Wildman–Crippen LogP) is 3.48. The molecule has 0 fully saturated rings. The molecule has 0 saturated heterocycles. The van der Waals surface area contributed by atoms with E-state index < -0.39 is 0 Å². The van der Waals surface area contributed by atoms with Gasteiger partial charge in [-0.05, 0) is 12.8 Å². The second-order valence-electron chi connectivity index (χ2n) is 5.59. The number of aryl methyl sites for hydroxylation is 1. The lowest BCUT2D eigenvalue weighted by molar-refractivity contribution is -0.115. The Bertz CT molecular complexity index is 912. The van der Waals surface area contributed by atoms with Crippen LogP contribution in [0.15, 0.2) is 18.5 Å². The molecule has 0 atom stereocenters. The fourth-order valence-corrected chi connectivity index (χ4v) is 3.57. The minimum absolute atomic E-state index is 0.160. The van der Waals surface area contributed by atoms with Crippen molar-refractivity contribution in [1.82, 2.24) is 14.8 Å². The number of hydrogen-bond acceptors (Lipinski definition) is 3. The van der Waals surface area contributed by atoms with Gasteiger partial charge in [0.15, 0.2) is 0 Å². The third kappa shape index (κ3) is 2.72. The van der Waals surface area contributed by atoms with Crippen molar-refractivity contribution in [2.45, 2.75) is 26.3 Å². The molecule has 126 valence electrons. The lowest BCUT2D eigenvalue weighted by Crippen LogP contribution is -2.01. The predicted molar refractivity (Wildman–Crippen MR) is 94.4 cm³/mol. The topological polar surface area (TPSA) is 96.9 Å². The normalized spacial score (nSPS) is 12.8. The van der Waals surface area contributed by atoms with E-state index in [4.69, 9.17) is 23.2 Å². The van der Waals surface area contributed by atoms with Gasteiger partial charge in [-0.1, -0.05) is 23.2 Å². The quantitative estimate of drug-likeness (QED) is 0.614. The molecule has 1 aliphatic rings. The van der Waals surface area contributed by atoms with Crippen LogP contribution < -0.4 is 5.73 Å². The number of benzene rings is 1. The first-order valence-electron chi connectivity index (χ1n) is 7.39. The molecule has 0 unspecified atom stereocenters. The molecule has 1 amide bonds. The van der Waals surface area contributed by atoms with E-state index in [2.05, 4.69) is 20.5 Å².